The van der Waals surface area contributed by atoms with Crippen molar-refractivity contribution in [2.24, 2.45) is 0 Å². The minimum Gasteiger partial charge on any atom is -0.495 e. The number of hydrogen-bond donors (Lipinski definition) is 2. The van der Waals surface area contributed by atoms with Crippen molar-refractivity contribution >= 4 is 17.5 Å². The van der Waals surface area contributed by atoms with Crippen LogP contribution < -0.4 is 15.4 Å². The second-order valence-corrected chi connectivity index (χ2v) is 7.69. The van der Waals surface area contributed by atoms with Crippen LogP contribution in [0, 0.1) is 6.92 Å². The molecule has 2 amide bonds. The zero-order valence-corrected chi connectivity index (χ0v) is 16.9. The number of urea groups is 1. The van der Waals surface area contributed by atoms with E-state index < -0.39 is 0 Å². The predicted octanol–water partition coefficient (Wildman–Crippen LogP) is 5.13. The molecule has 0 spiro atoms. The molecule has 3 aromatic rings. The number of nitrogens with zero attached hydrogens (tertiary/aromatic N) is 2. The predicted molar refractivity (Wildman–Crippen MR) is 113 cm³/mol. The van der Waals surface area contributed by atoms with Crippen LogP contribution in [0.5, 0.6) is 5.75 Å². The van der Waals surface area contributed by atoms with E-state index in [0.717, 1.165) is 16.9 Å². The van der Waals surface area contributed by atoms with E-state index in [2.05, 4.69) is 31.4 Å². The third kappa shape index (κ3) is 4.34. The molecule has 28 heavy (non-hydrogen) atoms. The van der Waals surface area contributed by atoms with E-state index in [0.29, 0.717) is 17.3 Å². The van der Waals surface area contributed by atoms with Crippen molar-refractivity contribution in [2.45, 2.75) is 33.1 Å². The number of aryl methyl sites for hydroxylation is 1. The summed E-state index contributed by atoms with van der Waals surface area (Å²) in [6, 6.07) is 16.8. The Morgan fingerprint density at radius 1 is 1.04 bits per heavy atom. The molecular formula is C22H26N4O2. The highest BCUT2D eigenvalue weighted by Gasteiger charge is 2.21. The number of rotatable bonds is 4. The van der Waals surface area contributed by atoms with E-state index in [1.807, 2.05) is 49.4 Å². The quantitative estimate of drug-likeness (QED) is 0.661. The van der Waals surface area contributed by atoms with Crippen LogP contribution in [0.1, 0.15) is 32.0 Å². The number of nitrogens with one attached hydrogen (secondary N) is 2. The lowest BCUT2D eigenvalue weighted by Gasteiger charge is -2.14. The Morgan fingerprint density at radius 2 is 1.71 bits per heavy atom. The smallest absolute Gasteiger partial charge is 0.324 e. The Kier molecular flexibility index (Phi) is 5.40. The zero-order valence-electron chi connectivity index (χ0n) is 16.9. The third-order valence-corrected chi connectivity index (χ3v) is 4.35. The maximum Gasteiger partial charge on any atom is 0.324 e. The summed E-state index contributed by atoms with van der Waals surface area (Å²) in [7, 11) is 1.57. The SMILES string of the molecule is COc1ccccc1NC(=O)Nc1cc(C(C)(C)C)nn1-c1ccc(C)cc1. The number of carbonyl (C=O) groups excluding carboxylic acids is 1. The highest BCUT2D eigenvalue weighted by Crippen LogP contribution is 2.27. The Balaban J connectivity index is 1.90. The molecule has 0 saturated heterocycles. The van der Waals surface area contributed by atoms with Crippen LogP contribution in [-0.4, -0.2) is 22.9 Å². The number of hydrogen-bond acceptors (Lipinski definition) is 3. The Hall–Kier alpha value is -3.28. The number of benzene rings is 2. The molecule has 3 rings (SSSR count). The molecule has 0 atom stereocenters. The van der Waals surface area contributed by atoms with Gasteiger partial charge in [-0.15, -0.1) is 0 Å². The molecule has 0 aliphatic heterocycles. The molecule has 6 heteroatoms. The van der Waals surface area contributed by atoms with Crippen LogP contribution in [0.3, 0.4) is 0 Å². The van der Waals surface area contributed by atoms with Crippen LogP contribution in [-0.2, 0) is 5.41 Å². The van der Waals surface area contributed by atoms with Gasteiger partial charge in [-0.2, -0.15) is 5.10 Å². The molecule has 0 aliphatic rings. The molecule has 0 unspecified atom stereocenters. The Labute approximate surface area is 165 Å². The van der Waals surface area contributed by atoms with Gasteiger partial charge in [0.15, 0.2) is 0 Å². The molecule has 0 aliphatic carbocycles. The molecule has 0 saturated carbocycles. The second kappa shape index (κ2) is 7.76. The lowest BCUT2D eigenvalue weighted by Crippen LogP contribution is -2.21. The fraction of sp³-hybridized carbons (Fsp3) is 0.273. The van der Waals surface area contributed by atoms with Crippen LogP contribution in [0.25, 0.3) is 5.69 Å². The van der Waals surface area contributed by atoms with Crippen LogP contribution in [0.2, 0.25) is 0 Å². The number of carbonyl (C=O) groups is 1. The number of ether oxygens (including phenoxy) is 1. The summed E-state index contributed by atoms with van der Waals surface area (Å²) in [6.07, 6.45) is 0. The van der Waals surface area contributed by atoms with E-state index in [1.165, 1.54) is 0 Å². The van der Waals surface area contributed by atoms with Crippen molar-refractivity contribution in [1.82, 2.24) is 9.78 Å². The fourth-order valence-electron chi connectivity index (χ4n) is 2.74. The zero-order chi connectivity index (χ0) is 20.3. The van der Waals surface area contributed by atoms with E-state index in [4.69, 9.17) is 9.84 Å². The van der Waals surface area contributed by atoms with Crippen molar-refractivity contribution in [3.05, 3.63) is 65.9 Å². The van der Waals surface area contributed by atoms with E-state index in [1.54, 1.807) is 23.9 Å². The lowest BCUT2D eigenvalue weighted by molar-refractivity contribution is 0.262. The number of amides is 2. The number of methoxy groups -OCH3 is 1. The number of anilines is 2. The largest absolute Gasteiger partial charge is 0.495 e. The maximum atomic E-state index is 12.6. The molecule has 2 aromatic carbocycles. The molecule has 0 bridgehead atoms. The van der Waals surface area contributed by atoms with Crippen molar-refractivity contribution in [1.29, 1.82) is 0 Å². The van der Waals surface area contributed by atoms with E-state index >= 15 is 0 Å². The van der Waals surface area contributed by atoms with Gasteiger partial charge < -0.3 is 10.1 Å². The normalized spacial score (nSPS) is 11.2. The number of para-hydroxylation sites is 2. The molecule has 146 valence electrons. The molecule has 1 aromatic heterocycles. The number of aromatic nitrogens is 2. The summed E-state index contributed by atoms with van der Waals surface area (Å²) in [5.74, 6) is 1.20. The summed E-state index contributed by atoms with van der Waals surface area (Å²) < 4.78 is 7.04. The summed E-state index contributed by atoms with van der Waals surface area (Å²) in [5, 5.41) is 10.5. The van der Waals surface area contributed by atoms with E-state index in [-0.39, 0.29) is 11.4 Å². The van der Waals surface area contributed by atoms with Gasteiger partial charge in [0, 0.05) is 11.5 Å². The van der Waals surface area contributed by atoms with Crippen LogP contribution >= 0.6 is 0 Å². The van der Waals surface area contributed by atoms with Gasteiger partial charge in [-0.25, -0.2) is 9.48 Å². The first-order valence-corrected chi connectivity index (χ1v) is 9.16. The lowest BCUT2D eigenvalue weighted by atomic mass is 9.92. The van der Waals surface area contributed by atoms with Gasteiger partial charge in [0.05, 0.1) is 24.2 Å². The molecule has 1 heterocycles. The molecule has 2 N–H and O–H groups in total. The minimum absolute atomic E-state index is 0.147. The Bertz CT molecular complexity index is 969. The van der Waals surface area contributed by atoms with E-state index in [9.17, 15) is 4.79 Å². The first-order chi connectivity index (χ1) is 13.3. The van der Waals surface area contributed by atoms with Crippen molar-refractivity contribution in [2.75, 3.05) is 17.7 Å². The van der Waals surface area contributed by atoms with Crippen molar-refractivity contribution in [3.8, 4) is 11.4 Å². The Morgan fingerprint density at radius 3 is 2.36 bits per heavy atom. The minimum atomic E-state index is -0.363. The fourth-order valence-corrected chi connectivity index (χ4v) is 2.74. The summed E-state index contributed by atoms with van der Waals surface area (Å²) >= 11 is 0. The van der Waals surface area contributed by atoms with Gasteiger partial charge in [0.1, 0.15) is 11.6 Å². The first-order valence-electron chi connectivity index (χ1n) is 9.16. The van der Waals surface area contributed by atoms with Crippen molar-refractivity contribution in [3.63, 3.8) is 0 Å². The van der Waals surface area contributed by atoms with Gasteiger partial charge in [0.2, 0.25) is 0 Å². The first kappa shape index (κ1) is 19.5. The van der Waals surface area contributed by atoms with Gasteiger partial charge >= 0.3 is 6.03 Å². The van der Waals surface area contributed by atoms with Gasteiger partial charge in [-0.05, 0) is 31.2 Å². The second-order valence-electron chi connectivity index (χ2n) is 7.69. The van der Waals surface area contributed by atoms with Crippen LogP contribution in [0.4, 0.5) is 16.3 Å². The molecule has 6 nitrogen and oxygen atoms in total. The average molecular weight is 378 g/mol. The highest BCUT2D eigenvalue weighted by atomic mass is 16.5. The van der Waals surface area contributed by atoms with Gasteiger partial charge in [-0.1, -0.05) is 50.6 Å². The average Bonchev–Trinajstić information content (AvgIpc) is 3.07. The van der Waals surface area contributed by atoms with Crippen LogP contribution in [0.15, 0.2) is 54.6 Å². The standard InChI is InChI=1S/C22H26N4O2/c1-15-10-12-16(13-11-15)26-20(14-19(25-26)22(2,3)4)24-21(27)23-17-8-6-7-9-18(17)28-5/h6-14H,1-5H3,(H2,23,24,27). The topological polar surface area (TPSA) is 68.2 Å². The molecule has 0 fully saturated rings. The summed E-state index contributed by atoms with van der Waals surface area (Å²) in [5.41, 5.74) is 3.38. The van der Waals surface area contributed by atoms with Gasteiger partial charge in [-0.3, -0.25) is 5.32 Å². The van der Waals surface area contributed by atoms with Gasteiger partial charge in [0.25, 0.3) is 0 Å². The monoisotopic (exact) mass is 378 g/mol. The third-order valence-electron chi connectivity index (χ3n) is 4.35. The summed E-state index contributed by atoms with van der Waals surface area (Å²) in [4.78, 5) is 12.6. The highest BCUT2D eigenvalue weighted by molar-refractivity contribution is 6.00. The summed E-state index contributed by atoms with van der Waals surface area (Å²) in [6.45, 7) is 8.31. The maximum absolute atomic E-state index is 12.6. The van der Waals surface area contributed by atoms with Crippen molar-refractivity contribution < 1.29 is 9.53 Å². The molecule has 0 radical (unpaired) electrons. The molecular weight excluding hydrogens is 352 g/mol.